The van der Waals surface area contributed by atoms with Crippen molar-refractivity contribution in [2.24, 2.45) is 5.92 Å². The van der Waals surface area contributed by atoms with Crippen molar-refractivity contribution in [1.82, 2.24) is 15.2 Å². The van der Waals surface area contributed by atoms with E-state index in [0.717, 1.165) is 60.5 Å². The molecule has 6 nitrogen and oxygen atoms in total. The van der Waals surface area contributed by atoms with Gasteiger partial charge in [0.25, 0.3) is 5.91 Å². The number of hydrogen-bond donors (Lipinski definition) is 1. The quantitative estimate of drug-likeness (QED) is 0.447. The molecule has 0 bridgehead atoms. The Labute approximate surface area is 217 Å². The number of nitrogens with zero attached hydrogens (tertiary/aromatic N) is 2. The first kappa shape index (κ1) is 25.2. The van der Waals surface area contributed by atoms with Crippen LogP contribution in [0.5, 0.6) is 11.5 Å². The Hall–Kier alpha value is -3.45. The third kappa shape index (κ3) is 5.32. The third-order valence-electron chi connectivity index (χ3n) is 7.66. The lowest BCUT2D eigenvalue weighted by atomic mass is 9.99. The number of amides is 1. The van der Waals surface area contributed by atoms with Crippen LogP contribution in [0.3, 0.4) is 0 Å². The Balaban J connectivity index is 1.31. The van der Waals surface area contributed by atoms with Gasteiger partial charge in [-0.25, -0.2) is 4.39 Å². The number of carbonyl (C=O) groups excluding carboxylic acids is 1. The summed E-state index contributed by atoms with van der Waals surface area (Å²) in [6, 6.07) is 14.9. The molecule has 3 unspecified atom stereocenters. The van der Waals surface area contributed by atoms with E-state index in [1.54, 1.807) is 25.4 Å². The molecule has 1 aliphatic heterocycles. The molecule has 1 amide bonds. The van der Waals surface area contributed by atoms with E-state index in [9.17, 15) is 9.18 Å². The summed E-state index contributed by atoms with van der Waals surface area (Å²) in [6.07, 6.45) is 4.75. The van der Waals surface area contributed by atoms with Crippen LogP contribution in [-0.4, -0.2) is 48.1 Å². The van der Waals surface area contributed by atoms with Crippen LogP contribution in [0.2, 0.25) is 0 Å². The maximum Gasteiger partial charge on any atom is 0.253 e. The standard InChI is InChI=1S/C30H34FN3O3/c1-4-37-28-16-20(15-27(36-3)29(28)21-7-9-23(31)10-8-21)18-34-14-13-24-25(11-12-26(24)34)33-30(35)22-6-5-19(2)32-17-22/h5-10,15-17,24-26H,4,11-14,18H2,1-3H3,(H,33,35). The number of fused-ring (bicyclic) bond motifs is 1. The summed E-state index contributed by atoms with van der Waals surface area (Å²) in [5, 5.41) is 3.27. The first-order chi connectivity index (χ1) is 18.0. The number of ether oxygens (including phenoxy) is 2. The average molecular weight is 504 g/mol. The molecule has 2 fully saturated rings. The SMILES string of the molecule is CCOc1cc(CN2CCC3C(NC(=O)c4ccc(C)nc4)CCC32)cc(OC)c1-c1ccc(F)cc1. The van der Waals surface area contributed by atoms with E-state index in [1.165, 1.54) is 12.1 Å². The van der Waals surface area contributed by atoms with Crippen molar-refractivity contribution < 1.29 is 18.7 Å². The molecule has 1 saturated carbocycles. The number of nitrogens with one attached hydrogen (secondary N) is 1. The number of benzene rings is 2. The molecule has 0 spiro atoms. The summed E-state index contributed by atoms with van der Waals surface area (Å²) >= 11 is 0. The number of aromatic nitrogens is 1. The molecular weight excluding hydrogens is 469 g/mol. The highest BCUT2D eigenvalue weighted by Gasteiger charge is 2.44. The summed E-state index contributed by atoms with van der Waals surface area (Å²) in [5.74, 6) is 1.57. The molecule has 3 atom stereocenters. The average Bonchev–Trinajstić information content (AvgIpc) is 3.48. The molecular formula is C30H34FN3O3. The number of carbonyl (C=O) groups is 1. The smallest absolute Gasteiger partial charge is 0.253 e. The molecule has 7 heteroatoms. The largest absolute Gasteiger partial charge is 0.496 e. The predicted molar refractivity (Wildman–Crippen MR) is 141 cm³/mol. The number of halogens is 1. The van der Waals surface area contributed by atoms with Gasteiger partial charge in [-0.15, -0.1) is 0 Å². The maximum atomic E-state index is 13.5. The van der Waals surface area contributed by atoms with Crippen molar-refractivity contribution in [3.05, 3.63) is 77.4 Å². The second-order valence-corrected chi connectivity index (χ2v) is 9.95. The van der Waals surface area contributed by atoms with E-state index in [2.05, 4.69) is 27.3 Å². The molecule has 2 aromatic carbocycles. The van der Waals surface area contributed by atoms with Gasteiger partial charge in [0.05, 0.1) is 24.8 Å². The predicted octanol–water partition coefficient (Wildman–Crippen LogP) is 5.39. The molecule has 1 saturated heterocycles. The number of hydrogen-bond acceptors (Lipinski definition) is 5. The minimum atomic E-state index is -0.275. The molecule has 1 aromatic heterocycles. The summed E-state index contributed by atoms with van der Waals surface area (Å²) in [5.41, 5.74) is 4.32. The van der Waals surface area contributed by atoms with Crippen molar-refractivity contribution >= 4 is 5.91 Å². The zero-order chi connectivity index (χ0) is 25.9. The van der Waals surface area contributed by atoms with Crippen LogP contribution in [0.4, 0.5) is 4.39 Å². The molecule has 1 N–H and O–H groups in total. The number of pyridine rings is 1. The Morgan fingerprint density at radius 1 is 1.11 bits per heavy atom. The topological polar surface area (TPSA) is 63.7 Å². The number of rotatable bonds is 8. The normalized spacial score (nSPS) is 21.0. The number of methoxy groups -OCH3 is 1. The lowest BCUT2D eigenvalue weighted by Gasteiger charge is -2.25. The van der Waals surface area contributed by atoms with E-state index < -0.39 is 0 Å². The van der Waals surface area contributed by atoms with E-state index in [1.807, 2.05) is 26.0 Å². The summed E-state index contributed by atoms with van der Waals surface area (Å²) in [4.78, 5) is 19.6. The van der Waals surface area contributed by atoms with Gasteiger partial charge in [-0.05, 0) is 93.1 Å². The maximum absolute atomic E-state index is 13.5. The highest BCUT2D eigenvalue weighted by Crippen LogP contribution is 2.42. The van der Waals surface area contributed by atoms with E-state index in [-0.39, 0.29) is 17.8 Å². The zero-order valence-electron chi connectivity index (χ0n) is 21.7. The van der Waals surface area contributed by atoms with Crippen LogP contribution >= 0.6 is 0 Å². The van der Waals surface area contributed by atoms with Crippen LogP contribution in [0, 0.1) is 18.7 Å². The lowest BCUT2D eigenvalue weighted by Crippen LogP contribution is -2.39. The highest BCUT2D eigenvalue weighted by atomic mass is 19.1. The highest BCUT2D eigenvalue weighted by molar-refractivity contribution is 5.94. The van der Waals surface area contributed by atoms with Gasteiger partial charge >= 0.3 is 0 Å². The monoisotopic (exact) mass is 503 g/mol. The zero-order valence-corrected chi connectivity index (χ0v) is 21.7. The van der Waals surface area contributed by atoms with Gasteiger partial charge < -0.3 is 14.8 Å². The van der Waals surface area contributed by atoms with Crippen molar-refractivity contribution in [1.29, 1.82) is 0 Å². The van der Waals surface area contributed by atoms with Crippen LogP contribution in [0.15, 0.2) is 54.7 Å². The van der Waals surface area contributed by atoms with Crippen molar-refractivity contribution in [3.63, 3.8) is 0 Å². The fourth-order valence-corrected chi connectivity index (χ4v) is 5.91. The van der Waals surface area contributed by atoms with Crippen LogP contribution in [-0.2, 0) is 6.54 Å². The molecule has 0 radical (unpaired) electrons. The van der Waals surface area contributed by atoms with Crippen molar-refractivity contribution in [2.45, 2.75) is 51.7 Å². The molecule has 3 aromatic rings. The van der Waals surface area contributed by atoms with Gasteiger partial charge in [0.2, 0.25) is 0 Å². The second kappa shape index (κ2) is 10.9. The van der Waals surface area contributed by atoms with Gasteiger partial charge in [0, 0.05) is 30.5 Å². The van der Waals surface area contributed by atoms with E-state index in [4.69, 9.17) is 9.47 Å². The molecule has 37 heavy (non-hydrogen) atoms. The lowest BCUT2D eigenvalue weighted by molar-refractivity contribution is 0.0926. The minimum absolute atomic E-state index is 0.0425. The Kier molecular flexibility index (Phi) is 7.42. The molecule has 2 heterocycles. The Morgan fingerprint density at radius 3 is 2.59 bits per heavy atom. The van der Waals surface area contributed by atoms with E-state index >= 15 is 0 Å². The first-order valence-electron chi connectivity index (χ1n) is 13.0. The number of likely N-dealkylation sites (tertiary alicyclic amines) is 1. The molecule has 1 aliphatic carbocycles. The second-order valence-electron chi connectivity index (χ2n) is 9.95. The van der Waals surface area contributed by atoms with Gasteiger partial charge in [-0.3, -0.25) is 14.7 Å². The van der Waals surface area contributed by atoms with Gasteiger partial charge in [-0.2, -0.15) is 0 Å². The summed E-state index contributed by atoms with van der Waals surface area (Å²) in [6.45, 7) is 6.16. The van der Waals surface area contributed by atoms with Gasteiger partial charge in [0.1, 0.15) is 17.3 Å². The Bertz CT molecular complexity index is 1250. The fraction of sp³-hybridized carbons (Fsp3) is 0.400. The summed E-state index contributed by atoms with van der Waals surface area (Å²) in [7, 11) is 1.65. The number of aryl methyl sites for hydroxylation is 1. The first-order valence-corrected chi connectivity index (χ1v) is 13.0. The van der Waals surface area contributed by atoms with Gasteiger partial charge in [0.15, 0.2) is 0 Å². The van der Waals surface area contributed by atoms with Gasteiger partial charge in [-0.1, -0.05) is 12.1 Å². The Morgan fingerprint density at radius 2 is 1.89 bits per heavy atom. The minimum Gasteiger partial charge on any atom is -0.496 e. The van der Waals surface area contributed by atoms with Crippen molar-refractivity contribution in [2.75, 3.05) is 20.3 Å². The molecule has 5 rings (SSSR count). The fourth-order valence-electron chi connectivity index (χ4n) is 5.91. The van der Waals surface area contributed by atoms with Crippen LogP contribution < -0.4 is 14.8 Å². The van der Waals surface area contributed by atoms with Crippen LogP contribution in [0.25, 0.3) is 11.1 Å². The molecule has 194 valence electrons. The van der Waals surface area contributed by atoms with Crippen molar-refractivity contribution in [3.8, 4) is 22.6 Å². The summed E-state index contributed by atoms with van der Waals surface area (Å²) < 4.78 is 25.3. The third-order valence-corrected chi connectivity index (χ3v) is 7.66. The molecule has 2 aliphatic rings. The van der Waals surface area contributed by atoms with E-state index in [0.29, 0.717) is 29.9 Å². The van der Waals surface area contributed by atoms with Crippen LogP contribution in [0.1, 0.15) is 47.8 Å².